The summed E-state index contributed by atoms with van der Waals surface area (Å²) in [5.74, 6) is -1.38. The van der Waals surface area contributed by atoms with Crippen molar-refractivity contribution < 1.29 is 43.6 Å². The molecule has 0 unspecified atom stereocenters. The van der Waals surface area contributed by atoms with Crippen LogP contribution in [0.4, 0.5) is 33.5 Å². The number of ether oxygens (including phenoxy) is 3. The Morgan fingerprint density at radius 2 is 1.95 bits per heavy atom. The van der Waals surface area contributed by atoms with Crippen LogP contribution in [0.5, 0.6) is 17.2 Å². The Morgan fingerprint density at radius 1 is 1.21 bits per heavy atom. The van der Waals surface area contributed by atoms with Crippen molar-refractivity contribution in [3.05, 3.63) is 41.8 Å². The highest BCUT2D eigenvalue weighted by Gasteiger charge is 2.42. The highest BCUT2D eigenvalue weighted by atomic mass is 31.2. The minimum Gasteiger partial charge on any atom is -0.493 e. The number of benzene rings is 1. The molecule has 0 saturated heterocycles. The normalized spacial score (nSPS) is 14.7. The zero-order chi connectivity index (χ0) is 29.4. The van der Waals surface area contributed by atoms with Crippen LogP contribution in [0.1, 0.15) is 20.8 Å². The van der Waals surface area contributed by atoms with E-state index in [1.54, 1.807) is 19.1 Å². The van der Waals surface area contributed by atoms with Crippen molar-refractivity contribution in [3.8, 4) is 17.2 Å². The fraction of sp³-hybridized carbons (Fsp3) is 0.304. The lowest BCUT2D eigenvalue weighted by Gasteiger charge is -2.37. The molecule has 0 spiro atoms. The SMILES string of the molecule is [2H]c1nc(Nc2cc(C)c(OC)c(OC)c2)nc(Nc2ccc3c(n2)N(COP(=O)(O)O)C(=O)C(C)(C)O3)c1F. The van der Waals surface area contributed by atoms with Gasteiger partial charge in [-0.25, -0.2) is 18.9 Å². The quantitative estimate of drug-likeness (QED) is 0.278. The average Bonchev–Trinajstić information content (AvgIpc) is 2.86. The van der Waals surface area contributed by atoms with Crippen LogP contribution in [0.15, 0.2) is 30.4 Å². The molecule has 3 heterocycles. The van der Waals surface area contributed by atoms with E-state index < -0.39 is 43.9 Å². The lowest BCUT2D eigenvalue weighted by Crippen LogP contribution is -2.53. The maximum absolute atomic E-state index is 14.9. The zero-order valence-corrected chi connectivity index (χ0v) is 22.4. The number of aromatic nitrogens is 3. The summed E-state index contributed by atoms with van der Waals surface area (Å²) >= 11 is 0. The predicted octanol–water partition coefficient (Wildman–Crippen LogP) is 3.39. The standard InChI is InChI=1S/C23H26FN6O8P/c1-12-8-13(9-16(35-4)18(12)36-5)26-22-25-10-14(24)19(29-22)27-17-7-6-15-20(28-17)30(11-37-39(32,33)34)21(31)23(2,3)38-15/h6-10H,11H2,1-5H3,(H2,32,33,34)(H2,25,26,27,28,29)/i10D. The van der Waals surface area contributed by atoms with Gasteiger partial charge in [-0.05, 0) is 44.5 Å². The number of methoxy groups -OCH3 is 2. The lowest BCUT2D eigenvalue weighted by molar-refractivity contribution is -0.133. The Hall–Kier alpha value is -4.04. The van der Waals surface area contributed by atoms with Gasteiger partial charge in [-0.1, -0.05) is 0 Å². The van der Waals surface area contributed by atoms with Gasteiger partial charge in [0.1, 0.15) is 12.5 Å². The molecular formula is C23H26FN6O8P. The van der Waals surface area contributed by atoms with Crippen LogP contribution in [0.3, 0.4) is 0 Å². The maximum Gasteiger partial charge on any atom is 0.471 e. The van der Waals surface area contributed by atoms with Gasteiger partial charge >= 0.3 is 7.82 Å². The molecule has 1 aliphatic rings. The summed E-state index contributed by atoms with van der Waals surface area (Å²) in [6.45, 7) is 3.91. The summed E-state index contributed by atoms with van der Waals surface area (Å²) in [6, 6.07) is 6.17. The molecule has 16 heteroatoms. The first-order chi connectivity index (χ1) is 18.7. The summed E-state index contributed by atoms with van der Waals surface area (Å²) in [5.41, 5.74) is -0.163. The van der Waals surface area contributed by atoms with Crippen LogP contribution in [-0.2, 0) is 13.9 Å². The van der Waals surface area contributed by atoms with Crippen LogP contribution >= 0.6 is 7.82 Å². The Morgan fingerprint density at radius 3 is 2.62 bits per heavy atom. The second kappa shape index (κ2) is 10.6. The molecule has 0 atom stereocenters. The molecule has 1 amide bonds. The number of pyridine rings is 1. The van der Waals surface area contributed by atoms with E-state index in [4.69, 9.17) is 25.4 Å². The van der Waals surface area contributed by atoms with Crippen LogP contribution in [0.2, 0.25) is 0 Å². The first-order valence-corrected chi connectivity index (χ1v) is 12.8. The molecule has 4 N–H and O–H groups in total. The number of carbonyl (C=O) groups is 1. The molecule has 3 aromatic rings. The predicted molar refractivity (Wildman–Crippen MR) is 137 cm³/mol. The number of phosphoric acid groups is 1. The molecule has 0 saturated carbocycles. The van der Waals surface area contributed by atoms with E-state index in [0.29, 0.717) is 17.2 Å². The molecule has 4 rings (SSSR count). The van der Waals surface area contributed by atoms with Gasteiger partial charge in [0.05, 0.1) is 21.8 Å². The zero-order valence-electron chi connectivity index (χ0n) is 22.5. The Bertz CT molecular complexity index is 1520. The molecular weight excluding hydrogens is 538 g/mol. The van der Waals surface area contributed by atoms with Crippen molar-refractivity contribution >= 4 is 42.8 Å². The van der Waals surface area contributed by atoms with Gasteiger partial charge in [0.15, 0.2) is 40.3 Å². The van der Waals surface area contributed by atoms with Crippen LogP contribution in [0, 0.1) is 12.7 Å². The van der Waals surface area contributed by atoms with Gasteiger partial charge in [0.2, 0.25) is 5.95 Å². The van der Waals surface area contributed by atoms with E-state index in [1.165, 1.54) is 40.2 Å². The molecule has 14 nitrogen and oxygen atoms in total. The molecule has 0 radical (unpaired) electrons. The molecule has 1 aromatic carbocycles. The third-order valence-electron chi connectivity index (χ3n) is 5.43. The maximum atomic E-state index is 14.9. The number of hydrogen-bond donors (Lipinski definition) is 4. The van der Waals surface area contributed by atoms with E-state index in [9.17, 15) is 13.8 Å². The number of nitrogens with zero attached hydrogens (tertiary/aromatic N) is 4. The minimum atomic E-state index is -4.93. The van der Waals surface area contributed by atoms with E-state index in [1.807, 2.05) is 0 Å². The number of anilines is 5. The molecule has 1 aliphatic heterocycles. The van der Waals surface area contributed by atoms with Crippen molar-refractivity contribution in [2.75, 3.05) is 36.5 Å². The number of nitrogens with one attached hydrogen (secondary N) is 2. The van der Waals surface area contributed by atoms with Gasteiger partial charge in [-0.2, -0.15) is 4.98 Å². The van der Waals surface area contributed by atoms with Crippen LogP contribution in [-0.4, -0.2) is 57.2 Å². The Kier molecular flexibility index (Phi) is 7.23. The number of fused-ring (bicyclic) bond motifs is 1. The molecule has 2 aromatic heterocycles. The van der Waals surface area contributed by atoms with Gasteiger partial charge in [-0.3, -0.25) is 14.2 Å². The van der Waals surface area contributed by atoms with Crippen LogP contribution in [0.25, 0.3) is 0 Å². The summed E-state index contributed by atoms with van der Waals surface area (Å²) in [4.78, 5) is 44.2. The fourth-order valence-corrected chi connectivity index (χ4v) is 3.99. The van der Waals surface area contributed by atoms with Crippen LogP contribution < -0.4 is 29.7 Å². The molecule has 0 bridgehead atoms. The summed E-state index contributed by atoms with van der Waals surface area (Å²) in [7, 11) is -1.94. The van der Waals surface area contributed by atoms with Gasteiger partial charge < -0.3 is 34.6 Å². The van der Waals surface area contributed by atoms with Crippen molar-refractivity contribution in [3.63, 3.8) is 0 Å². The number of aryl methyl sites for hydroxylation is 1. The number of phosphoric ester groups is 1. The first kappa shape index (κ1) is 26.6. The number of halogens is 1. The van der Waals surface area contributed by atoms with Crippen molar-refractivity contribution in [2.45, 2.75) is 26.4 Å². The highest BCUT2D eigenvalue weighted by Crippen LogP contribution is 2.41. The monoisotopic (exact) mass is 565 g/mol. The second-order valence-electron chi connectivity index (χ2n) is 8.71. The smallest absolute Gasteiger partial charge is 0.471 e. The van der Waals surface area contributed by atoms with Crippen molar-refractivity contribution in [1.29, 1.82) is 0 Å². The largest absolute Gasteiger partial charge is 0.493 e. The van der Waals surface area contributed by atoms with Crippen molar-refractivity contribution in [1.82, 2.24) is 15.0 Å². The van der Waals surface area contributed by atoms with Gasteiger partial charge in [-0.15, -0.1) is 0 Å². The Labute approximate surface area is 223 Å². The number of carbonyl (C=O) groups excluding carboxylic acids is 1. The average molecular weight is 565 g/mol. The molecule has 39 heavy (non-hydrogen) atoms. The van der Waals surface area contributed by atoms with E-state index >= 15 is 0 Å². The lowest BCUT2D eigenvalue weighted by atomic mass is 10.1. The number of hydrogen-bond acceptors (Lipinski definition) is 11. The van der Waals surface area contributed by atoms with E-state index in [-0.39, 0.29) is 23.3 Å². The Balaban J connectivity index is 1.66. The summed E-state index contributed by atoms with van der Waals surface area (Å²) < 4.78 is 54.9. The highest BCUT2D eigenvalue weighted by molar-refractivity contribution is 7.46. The first-order valence-electron chi connectivity index (χ1n) is 11.8. The summed E-state index contributed by atoms with van der Waals surface area (Å²) in [5, 5.41) is 5.54. The third kappa shape index (κ3) is 6.17. The van der Waals surface area contributed by atoms with E-state index in [0.717, 1.165) is 10.5 Å². The molecule has 208 valence electrons. The van der Waals surface area contributed by atoms with Gasteiger partial charge in [0.25, 0.3) is 5.91 Å². The third-order valence-corrected chi connectivity index (χ3v) is 5.88. The minimum absolute atomic E-state index is 0.0269. The van der Waals surface area contributed by atoms with Crippen molar-refractivity contribution in [2.24, 2.45) is 0 Å². The second-order valence-corrected chi connectivity index (χ2v) is 9.95. The molecule has 0 aliphatic carbocycles. The number of amides is 1. The number of rotatable bonds is 9. The molecule has 0 fully saturated rings. The topological polar surface area (TPSA) is 177 Å². The fourth-order valence-electron chi connectivity index (χ4n) is 3.72. The van der Waals surface area contributed by atoms with Gasteiger partial charge in [0, 0.05) is 11.8 Å². The summed E-state index contributed by atoms with van der Waals surface area (Å²) in [6.07, 6.45) is -0.716. The van der Waals surface area contributed by atoms with E-state index in [2.05, 4.69) is 30.1 Å².